The van der Waals surface area contributed by atoms with Crippen molar-refractivity contribution in [2.75, 3.05) is 12.8 Å². The van der Waals surface area contributed by atoms with Crippen LogP contribution in [0.25, 0.3) is 21.1 Å². The molecule has 2 N–H and O–H groups in total. The molecule has 0 fully saturated rings. The van der Waals surface area contributed by atoms with E-state index in [4.69, 9.17) is 5.73 Å². The van der Waals surface area contributed by atoms with Gasteiger partial charge >= 0.3 is 0 Å². The molecule has 0 saturated heterocycles. The lowest BCUT2D eigenvalue weighted by Gasteiger charge is -2.01. The zero-order valence-electron chi connectivity index (χ0n) is 9.92. The summed E-state index contributed by atoms with van der Waals surface area (Å²) in [5.41, 5.74) is 7.51. The van der Waals surface area contributed by atoms with Crippen molar-refractivity contribution in [3.8, 4) is 0 Å². The molecule has 7 heteroatoms. The van der Waals surface area contributed by atoms with Crippen molar-refractivity contribution in [3.63, 3.8) is 0 Å². The van der Waals surface area contributed by atoms with E-state index in [0.29, 0.717) is 11.3 Å². The number of nitrogens with two attached hydrogens (primary N) is 1. The largest absolute Gasteiger partial charge is 0.399 e. The molecular formula is C12H9BrN4OS. The molecule has 2 heterocycles. The van der Waals surface area contributed by atoms with Crippen LogP contribution in [0.15, 0.2) is 27.8 Å². The van der Waals surface area contributed by atoms with Gasteiger partial charge in [-0.15, -0.1) is 11.3 Å². The van der Waals surface area contributed by atoms with Crippen molar-refractivity contribution >= 4 is 60.4 Å². The van der Waals surface area contributed by atoms with Gasteiger partial charge in [0, 0.05) is 9.86 Å². The minimum Gasteiger partial charge on any atom is -0.399 e. The molecule has 5 nitrogen and oxygen atoms in total. The summed E-state index contributed by atoms with van der Waals surface area (Å²) in [6.45, 7) is 0. The van der Waals surface area contributed by atoms with E-state index < -0.39 is 0 Å². The van der Waals surface area contributed by atoms with Crippen LogP contribution in [0.2, 0.25) is 0 Å². The van der Waals surface area contributed by atoms with E-state index in [0.717, 1.165) is 25.1 Å². The minimum atomic E-state index is 0.425. The summed E-state index contributed by atoms with van der Waals surface area (Å²) >= 11 is 4.94. The minimum absolute atomic E-state index is 0.425. The van der Waals surface area contributed by atoms with E-state index >= 15 is 0 Å². The number of oxime groups is 1. The molecule has 0 aliphatic heterocycles. The molecule has 0 amide bonds. The zero-order valence-corrected chi connectivity index (χ0v) is 12.3. The van der Waals surface area contributed by atoms with E-state index in [9.17, 15) is 0 Å². The highest BCUT2D eigenvalue weighted by Gasteiger charge is 2.11. The molecule has 2 aromatic heterocycles. The predicted molar refractivity (Wildman–Crippen MR) is 81.6 cm³/mol. The molecule has 0 bridgehead atoms. The molecule has 0 atom stereocenters. The van der Waals surface area contributed by atoms with E-state index in [1.165, 1.54) is 18.4 Å². The fourth-order valence-electron chi connectivity index (χ4n) is 1.82. The highest BCUT2D eigenvalue weighted by atomic mass is 79.9. The number of nitrogens with zero attached hydrogens (tertiary/aromatic N) is 3. The Bertz CT molecular complexity index is 799. The van der Waals surface area contributed by atoms with Gasteiger partial charge in [-0.3, -0.25) is 0 Å². The Morgan fingerprint density at radius 3 is 3.05 bits per heavy atom. The van der Waals surface area contributed by atoms with Gasteiger partial charge in [0.1, 0.15) is 23.8 Å². The Morgan fingerprint density at radius 1 is 1.42 bits per heavy atom. The van der Waals surface area contributed by atoms with E-state index in [-0.39, 0.29) is 0 Å². The molecule has 0 aliphatic rings. The summed E-state index contributed by atoms with van der Waals surface area (Å²) in [5.74, 6) is 0.425. The molecule has 0 radical (unpaired) electrons. The summed E-state index contributed by atoms with van der Waals surface area (Å²) < 4.78 is 1.98. The highest BCUT2D eigenvalue weighted by molar-refractivity contribution is 9.10. The Balaban J connectivity index is 2.33. The van der Waals surface area contributed by atoms with Crippen molar-refractivity contribution in [1.29, 1.82) is 0 Å². The second-order valence-electron chi connectivity index (χ2n) is 3.81. The second-order valence-corrected chi connectivity index (χ2v) is 5.75. The van der Waals surface area contributed by atoms with Crippen LogP contribution in [0, 0.1) is 0 Å². The molecule has 3 rings (SSSR count). The normalized spacial score (nSPS) is 11.7. The first-order valence-electron chi connectivity index (χ1n) is 5.41. The molecule has 0 saturated carbocycles. The van der Waals surface area contributed by atoms with Crippen molar-refractivity contribution in [2.45, 2.75) is 0 Å². The van der Waals surface area contributed by atoms with Gasteiger partial charge in [0.2, 0.25) is 0 Å². The summed E-state index contributed by atoms with van der Waals surface area (Å²) in [4.78, 5) is 13.4. The number of thiazole rings is 1. The van der Waals surface area contributed by atoms with Crippen LogP contribution >= 0.6 is 27.3 Å². The smallest absolute Gasteiger partial charge is 0.151 e. The third-order valence-corrected chi connectivity index (χ3v) is 4.12. The van der Waals surface area contributed by atoms with Crippen molar-refractivity contribution in [2.24, 2.45) is 5.16 Å². The molecule has 0 spiro atoms. The summed E-state index contributed by atoms with van der Waals surface area (Å²) in [7, 11) is 1.49. The molecular weight excluding hydrogens is 328 g/mol. The van der Waals surface area contributed by atoms with Crippen molar-refractivity contribution in [3.05, 3.63) is 27.7 Å². The number of anilines is 1. The topological polar surface area (TPSA) is 73.4 Å². The highest BCUT2D eigenvalue weighted by Crippen LogP contribution is 2.33. The summed E-state index contributed by atoms with van der Waals surface area (Å²) in [6.07, 6.45) is 1.56. The van der Waals surface area contributed by atoms with Crippen LogP contribution < -0.4 is 5.73 Å². The number of nitrogen functional groups attached to an aromatic ring is 1. The average Bonchev–Trinajstić information content (AvgIpc) is 2.81. The number of halogens is 1. The predicted octanol–water partition coefficient (Wildman–Crippen LogP) is 3.17. The first-order chi connectivity index (χ1) is 9.19. The zero-order chi connectivity index (χ0) is 13.4. The van der Waals surface area contributed by atoms with Gasteiger partial charge in [-0.05, 0) is 12.1 Å². The quantitative estimate of drug-likeness (QED) is 0.576. The second kappa shape index (κ2) is 4.75. The maximum atomic E-state index is 5.96. The number of rotatable bonds is 2. The lowest BCUT2D eigenvalue weighted by molar-refractivity contribution is 0.215. The van der Waals surface area contributed by atoms with Gasteiger partial charge in [-0.1, -0.05) is 27.2 Å². The number of fused-ring (bicyclic) bond motifs is 3. The Kier molecular flexibility index (Phi) is 3.08. The maximum Gasteiger partial charge on any atom is 0.151 e. The van der Waals surface area contributed by atoms with Gasteiger partial charge in [0.15, 0.2) is 5.82 Å². The van der Waals surface area contributed by atoms with Crippen LogP contribution in [0.1, 0.15) is 5.01 Å². The first kappa shape index (κ1) is 12.3. The van der Waals surface area contributed by atoms with Crippen LogP contribution in [-0.2, 0) is 4.84 Å². The van der Waals surface area contributed by atoms with Crippen LogP contribution in [0.5, 0.6) is 0 Å². The maximum absolute atomic E-state index is 5.96. The Morgan fingerprint density at radius 2 is 2.26 bits per heavy atom. The molecule has 3 aromatic rings. The van der Waals surface area contributed by atoms with Gasteiger partial charge < -0.3 is 10.6 Å². The number of aromatic nitrogens is 2. The lowest BCUT2D eigenvalue weighted by atomic mass is 10.2. The lowest BCUT2D eigenvalue weighted by Crippen LogP contribution is -1.92. The van der Waals surface area contributed by atoms with E-state index in [1.807, 2.05) is 18.2 Å². The molecule has 96 valence electrons. The van der Waals surface area contributed by atoms with Crippen molar-refractivity contribution in [1.82, 2.24) is 9.97 Å². The molecule has 1 aromatic carbocycles. The number of pyridine rings is 1. The molecule has 0 unspecified atom stereocenters. The van der Waals surface area contributed by atoms with E-state index in [1.54, 1.807) is 6.21 Å². The van der Waals surface area contributed by atoms with E-state index in [2.05, 4.69) is 35.9 Å². The van der Waals surface area contributed by atoms with Crippen LogP contribution in [-0.4, -0.2) is 23.3 Å². The third kappa shape index (κ3) is 2.15. The standard InChI is InChI=1S/C12H9BrN4OS/c1-18-15-5-9-17-10-11(19-9)7-3-2-6(13)4-8(7)16-12(10)14/h2-5H,1H3,(H2,14,16)/b15-5+. The summed E-state index contributed by atoms with van der Waals surface area (Å²) in [5, 5.41) is 5.48. The van der Waals surface area contributed by atoms with Gasteiger partial charge in [0.25, 0.3) is 0 Å². The Labute approximate surface area is 121 Å². The number of hydrogen-bond donors (Lipinski definition) is 1. The fourth-order valence-corrected chi connectivity index (χ4v) is 3.14. The van der Waals surface area contributed by atoms with Gasteiger partial charge in [-0.25, -0.2) is 9.97 Å². The monoisotopic (exact) mass is 336 g/mol. The van der Waals surface area contributed by atoms with Crippen molar-refractivity contribution < 1.29 is 4.84 Å². The first-order valence-corrected chi connectivity index (χ1v) is 7.02. The van der Waals surface area contributed by atoms with Gasteiger partial charge in [-0.2, -0.15) is 0 Å². The molecule has 19 heavy (non-hydrogen) atoms. The average molecular weight is 337 g/mol. The summed E-state index contributed by atoms with van der Waals surface area (Å²) in [6, 6.07) is 5.92. The van der Waals surface area contributed by atoms with Crippen LogP contribution in [0.3, 0.4) is 0 Å². The van der Waals surface area contributed by atoms with Gasteiger partial charge in [0.05, 0.1) is 10.2 Å². The van der Waals surface area contributed by atoms with Crippen LogP contribution in [0.4, 0.5) is 5.82 Å². The molecule has 0 aliphatic carbocycles. The SMILES string of the molecule is CO/N=C/c1nc2c(N)nc3cc(Br)ccc3c2s1. The fraction of sp³-hybridized carbons (Fsp3) is 0.0833. The number of hydrogen-bond acceptors (Lipinski definition) is 6. The Hall–Kier alpha value is -1.73. The third-order valence-electron chi connectivity index (χ3n) is 2.60. The number of benzene rings is 1.